The molecule has 3 N–H and O–H groups in total. The van der Waals surface area contributed by atoms with Crippen molar-refractivity contribution >= 4 is 0 Å². The van der Waals surface area contributed by atoms with E-state index in [1.54, 1.807) is 36.4 Å². The molecule has 3 atom stereocenters. The molecule has 0 radical (unpaired) electrons. The van der Waals surface area contributed by atoms with Crippen molar-refractivity contribution in [3.8, 4) is 11.5 Å². The van der Waals surface area contributed by atoms with Gasteiger partial charge in [0.2, 0.25) is 0 Å². The molecule has 0 bridgehead atoms. The van der Waals surface area contributed by atoms with Gasteiger partial charge in [0.05, 0.1) is 0 Å². The molecule has 0 spiro atoms. The van der Waals surface area contributed by atoms with Gasteiger partial charge in [-0.1, -0.05) is 55.8 Å². The summed E-state index contributed by atoms with van der Waals surface area (Å²) in [6.07, 6.45) is 6.83. The number of aliphatic hydroxyl groups is 1. The number of phenolic OH excluding ortho intramolecular Hbond substituents is 2. The number of hydrogen-bond acceptors (Lipinski definition) is 3. The van der Waals surface area contributed by atoms with Crippen molar-refractivity contribution in [3.05, 3.63) is 83.5 Å². The smallest absolute Gasteiger partial charge is 0.115 e. The van der Waals surface area contributed by atoms with E-state index in [0.717, 1.165) is 12.0 Å². The second kappa shape index (κ2) is 6.77. The fraction of sp³-hybridized carbons (Fsp3) is 0.273. The Bertz CT molecular complexity index is 787. The van der Waals surface area contributed by atoms with Crippen molar-refractivity contribution in [1.29, 1.82) is 0 Å². The van der Waals surface area contributed by atoms with Gasteiger partial charge < -0.3 is 15.3 Å². The van der Waals surface area contributed by atoms with E-state index in [0.29, 0.717) is 5.92 Å². The van der Waals surface area contributed by atoms with E-state index < -0.39 is 5.60 Å². The van der Waals surface area contributed by atoms with E-state index >= 15 is 0 Å². The van der Waals surface area contributed by atoms with Crippen LogP contribution in [0.1, 0.15) is 37.3 Å². The summed E-state index contributed by atoms with van der Waals surface area (Å²) < 4.78 is 0. The molecule has 0 saturated heterocycles. The van der Waals surface area contributed by atoms with E-state index in [2.05, 4.69) is 13.0 Å². The highest BCUT2D eigenvalue weighted by Crippen LogP contribution is 2.38. The third-order valence-corrected chi connectivity index (χ3v) is 5.04. The highest BCUT2D eigenvalue weighted by atomic mass is 16.3. The van der Waals surface area contributed by atoms with Crippen LogP contribution in [0, 0.1) is 5.92 Å². The maximum absolute atomic E-state index is 11.1. The van der Waals surface area contributed by atoms with Gasteiger partial charge in [0.1, 0.15) is 17.1 Å². The van der Waals surface area contributed by atoms with Crippen molar-refractivity contribution < 1.29 is 15.3 Å². The van der Waals surface area contributed by atoms with Gasteiger partial charge in [-0.3, -0.25) is 0 Å². The van der Waals surface area contributed by atoms with Crippen molar-refractivity contribution in [3.63, 3.8) is 0 Å². The Morgan fingerprint density at radius 1 is 0.960 bits per heavy atom. The van der Waals surface area contributed by atoms with Crippen LogP contribution in [0.25, 0.3) is 0 Å². The second-order valence-electron chi connectivity index (χ2n) is 6.93. The molecule has 1 aliphatic carbocycles. The normalized spacial score (nSPS) is 24.0. The molecule has 0 aromatic heterocycles. The Hall–Kier alpha value is -2.52. The lowest BCUT2D eigenvalue weighted by Crippen LogP contribution is -2.32. The van der Waals surface area contributed by atoms with Gasteiger partial charge >= 0.3 is 0 Å². The molecule has 25 heavy (non-hydrogen) atoms. The number of rotatable bonds is 4. The molecule has 3 unspecified atom stereocenters. The van der Waals surface area contributed by atoms with Crippen molar-refractivity contribution in [2.24, 2.45) is 5.92 Å². The first-order valence-corrected chi connectivity index (χ1v) is 8.59. The summed E-state index contributed by atoms with van der Waals surface area (Å²) in [5, 5.41) is 29.9. The summed E-state index contributed by atoms with van der Waals surface area (Å²) >= 11 is 0. The van der Waals surface area contributed by atoms with E-state index in [1.165, 1.54) is 11.1 Å². The van der Waals surface area contributed by atoms with Crippen molar-refractivity contribution in [2.75, 3.05) is 0 Å². The van der Waals surface area contributed by atoms with Gasteiger partial charge in [-0.15, -0.1) is 0 Å². The molecule has 0 amide bonds. The van der Waals surface area contributed by atoms with Gasteiger partial charge in [-0.2, -0.15) is 0 Å². The Balaban J connectivity index is 1.75. The molecule has 3 heteroatoms. The van der Waals surface area contributed by atoms with E-state index in [-0.39, 0.29) is 17.4 Å². The fourth-order valence-corrected chi connectivity index (χ4v) is 3.39. The fourth-order valence-electron chi connectivity index (χ4n) is 3.39. The quantitative estimate of drug-likeness (QED) is 0.764. The van der Waals surface area contributed by atoms with Gasteiger partial charge in [0, 0.05) is 5.92 Å². The van der Waals surface area contributed by atoms with Crippen LogP contribution in [0.2, 0.25) is 0 Å². The number of aromatic hydroxyl groups is 2. The van der Waals surface area contributed by atoms with Crippen LogP contribution >= 0.6 is 0 Å². The topological polar surface area (TPSA) is 60.7 Å². The largest absolute Gasteiger partial charge is 0.508 e. The summed E-state index contributed by atoms with van der Waals surface area (Å²) in [6, 6.07) is 14.0. The lowest BCUT2D eigenvalue weighted by atomic mass is 9.76. The molecule has 130 valence electrons. The molecular weight excluding hydrogens is 312 g/mol. The minimum Gasteiger partial charge on any atom is -0.508 e. The van der Waals surface area contributed by atoms with Crippen molar-refractivity contribution in [1.82, 2.24) is 0 Å². The lowest BCUT2D eigenvalue weighted by molar-refractivity contribution is 0.0495. The Kier molecular flexibility index (Phi) is 4.69. The van der Waals surface area contributed by atoms with Crippen LogP contribution in [0.15, 0.2) is 72.3 Å². The first kappa shape index (κ1) is 17.3. The number of phenols is 2. The Morgan fingerprint density at radius 2 is 1.52 bits per heavy atom. The molecule has 0 heterocycles. The monoisotopic (exact) mass is 336 g/mol. The zero-order valence-corrected chi connectivity index (χ0v) is 14.6. The second-order valence-corrected chi connectivity index (χ2v) is 6.93. The van der Waals surface area contributed by atoms with Crippen LogP contribution in [0.3, 0.4) is 0 Å². The summed E-state index contributed by atoms with van der Waals surface area (Å²) in [5.74, 6) is 0.728. The zero-order valence-electron chi connectivity index (χ0n) is 14.6. The Morgan fingerprint density at radius 3 is 2.08 bits per heavy atom. The summed E-state index contributed by atoms with van der Waals surface area (Å²) in [6.45, 7) is 4.16. The molecule has 2 aromatic rings. The molecular formula is C22H24O3. The molecule has 3 nitrogen and oxygen atoms in total. The third-order valence-electron chi connectivity index (χ3n) is 5.04. The minimum atomic E-state index is -1.06. The summed E-state index contributed by atoms with van der Waals surface area (Å²) in [7, 11) is 0. The van der Waals surface area contributed by atoms with Crippen LogP contribution in [-0.4, -0.2) is 15.3 Å². The summed E-state index contributed by atoms with van der Waals surface area (Å²) in [5.41, 5.74) is 2.09. The lowest BCUT2D eigenvalue weighted by Gasteiger charge is -2.34. The molecule has 0 saturated carbocycles. The van der Waals surface area contributed by atoms with Crippen molar-refractivity contribution in [2.45, 2.75) is 31.8 Å². The standard InChI is InChI=1S/C22H24O3/c1-15(18-3-7-20(23)8-4-18)13-17-11-12-22(25,16(2)14-17)19-5-9-21(24)10-6-19/h3-12,14-16,23-25H,13H2,1-2H3. The predicted octanol–water partition coefficient (Wildman–Crippen LogP) is 4.61. The van der Waals surface area contributed by atoms with Gasteiger partial charge in [-0.25, -0.2) is 0 Å². The summed E-state index contributed by atoms with van der Waals surface area (Å²) in [4.78, 5) is 0. The van der Waals surface area contributed by atoms with Gasteiger partial charge in [-0.05, 0) is 53.8 Å². The molecule has 1 aliphatic rings. The Labute approximate surface area is 148 Å². The minimum absolute atomic E-state index is 0.0657. The van der Waals surface area contributed by atoms with E-state index in [1.807, 2.05) is 31.2 Å². The highest BCUT2D eigenvalue weighted by molar-refractivity contribution is 5.40. The molecule has 3 rings (SSSR count). The van der Waals surface area contributed by atoms with Crippen LogP contribution in [0.4, 0.5) is 0 Å². The first-order valence-electron chi connectivity index (χ1n) is 8.59. The number of hydrogen-bond donors (Lipinski definition) is 3. The maximum atomic E-state index is 11.1. The predicted molar refractivity (Wildman–Crippen MR) is 99.5 cm³/mol. The number of benzene rings is 2. The maximum Gasteiger partial charge on any atom is 0.115 e. The van der Waals surface area contributed by atoms with Gasteiger partial charge in [0.25, 0.3) is 0 Å². The molecule has 0 aliphatic heterocycles. The SMILES string of the molecule is CC(CC1=CC(C)C(O)(c2ccc(O)cc2)C=C1)c1ccc(O)cc1. The van der Waals surface area contributed by atoms with Crippen LogP contribution in [0.5, 0.6) is 11.5 Å². The van der Waals surface area contributed by atoms with E-state index in [4.69, 9.17) is 0 Å². The average Bonchev–Trinajstić information content (AvgIpc) is 2.59. The third kappa shape index (κ3) is 3.62. The first-order chi connectivity index (χ1) is 11.9. The van der Waals surface area contributed by atoms with Crippen LogP contribution < -0.4 is 0 Å². The number of allylic oxidation sites excluding steroid dienone is 2. The average molecular weight is 336 g/mol. The zero-order chi connectivity index (χ0) is 18.0. The van der Waals surface area contributed by atoms with Crippen LogP contribution in [-0.2, 0) is 5.60 Å². The molecule has 0 fully saturated rings. The van der Waals surface area contributed by atoms with E-state index in [9.17, 15) is 15.3 Å². The van der Waals surface area contributed by atoms with Gasteiger partial charge in [0.15, 0.2) is 0 Å². The molecule has 2 aromatic carbocycles. The highest BCUT2D eigenvalue weighted by Gasteiger charge is 2.34.